The fourth-order valence-corrected chi connectivity index (χ4v) is 4.57. The quantitative estimate of drug-likeness (QED) is 0.341. The van der Waals surface area contributed by atoms with Crippen molar-refractivity contribution in [2.24, 2.45) is 11.3 Å². The van der Waals surface area contributed by atoms with Crippen LogP contribution in [0.15, 0.2) is 24.3 Å². The van der Waals surface area contributed by atoms with Gasteiger partial charge < -0.3 is 20.1 Å². The molecule has 0 radical (unpaired) electrons. The highest BCUT2D eigenvalue weighted by molar-refractivity contribution is 6.08. The number of nitrogens with zero attached hydrogens (tertiary/aromatic N) is 1. The lowest BCUT2D eigenvalue weighted by Gasteiger charge is -2.40. The summed E-state index contributed by atoms with van der Waals surface area (Å²) in [5.41, 5.74) is 0.278. The SMILES string of the molecule is Cc1cccc(OCCNC(=O)COC(=O)CN2C(=O)NC3(CCC(C(C)(C)C)CC3)C2=O)c1. The van der Waals surface area contributed by atoms with E-state index in [1.54, 1.807) is 0 Å². The molecule has 2 aliphatic rings. The third-order valence-electron chi connectivity index (χ3n) is 6.64. The van der Waals surface area contributed by atoms with Crippen molar-refractivity contribution in [3.05, 3.63) is 29.8 Å². The molecule has 1 aromatic carbocycles. The zero-order valence-electron chi connectivity index (χ0n) is 20.4. The molecular formula is C25H35N3O6. The molecule has 2 N–H and O–H groups in total. The second kappa shape index (κ2) is 10.4. The highest BCUT2D eigenvalue weighted by Crippen LogP contribution is 2.43. The first kappa shape index (κ1) is 25.5. The van der Waals surface area contributed by atoms with Crippen molar-refractivity contribution < 1.29 is 28.7 Å². The predicted molar refractivity (Wildman–Crippen MR) is 125 cm³/mol. The topological polar surface area (TPSA) is 114 Å². The lowest BCUT2D eigenvalue weighted by atomic mass is 9.67. The number of urea groups is 1. The maximum absolute atomic E-state index is 13.0. The van der Waals surface area contributed by atoms with Gasteiger partial charge in [0.1, 0.15) is 24.4 Å². The molecule has 1 saturated heterocycles. The fraction of sp³-hybridized carbons (Fsp3) is 0.600. The lowest BCUT2D eigenvalue weighted by molar-refractivity contribution is -0.151. The second-order valence-corrected chi connectivity index (χ2v) is 10.2. The molecule has 2 fully saturated rings. The summed E-state index contributed by atoms with van der Waals surface area (Å²) in [4.78, 5) is 50.4. The van der Waals surface area contributed by atoms with Gasteiger partial charge in [0.25, 0.3) is 11.8 Å². The number of nitrogens with one attached hydrogen (secondary N) is 2. The highest BCUT2D eigenvalue weighted by Gasteiger charge is 2.53. The number of hydrogen-bond acceptors (Lipinski definition) is 6. The third-order valence-corrected chi connectivity index (χ3v) is 6.64. The zero-order valence-corrected chi connectivity index (χ0v) is 20.4. The number of carbonyl (C=O) groups excluding carboxylic acids is 4. The molecule has 1 aliphatic heterocycles. The van der Waals surface area contributed by atoms with Crippen LogP contribution in [-0.2, 0) is 19.1 Å². The van der Waals surface area contributed by atoms with Crippen LogP contribution in [0.3, 0.4) is 0 Å². The van der Waals surface area contributed by atoms with E-state index >= 15 is 0 Å². The number of ether oxygens (including phenoxy) is 2. The Labute approximate surface area is 200 Å². The monoisotopic (exact) mass is 473 g/mol. The molecule has 0 aromatic heterocycles. The minimum Gasteiger partial charge on any atom is -0.492 e. The molecule has 0 bridgehead atoms. The van der Waals surface area contributed by atoms with E-state index in [1.807, 2.05) is 31.2 Å². The van der Waals surface area contributed by atoms with Crippen molar-refractivity contribution in [1.82, 2.24) is 15.5 Å². The van der Waals surface area contributed by atoms with E-state index < -0.39 is 36.6 Å². The van der Waals surface area contributed by atoms with Gasteiger partial charge in [-0.3, -0.25) is 19.3 Å². The van der Waals surface area contributed by atoms with Crippen molar-refractivity contribution in [2.45, 2.75) is 58.9 Å². The Hall–Kier alpha value is -3.10. The molecule has 4 amide bonds. The first-order valence-electron chi connectivity index (χ1n) is 11.8. The molecule has 1 aliphatic carbocycles. The summed E-state index contributed by atoms with van der Waals surface area (Å²) in [5, 5.41) is 5.39. The minimum absolute atomic E-state index is 0.143. The van der Waals surface area contributed by atoms with E-state index in [0.29, 0.717) is 24.5 Å². The van der Waals surface area contributed by atoms with Gasteiger partial charge in [0.05, 0.1) is 6.54 Å². The van der Waals surface area contributed by atoms with Crippen molar-refractivity contribution in [3.8, 4) is 5.75 Å². The van der Waals surface area contributed by atoms with Gasteiger partial charge in [-0.15, -0.1) is 0 Å². The molecule has 1 saturated carbocycles. The van der Waals surface area contributed by atoms with Crippen LogP contribution in [-0.4, -0.2) is 60.6 Å². The van der Waals surface area contributed by atoms with Gasteiger partial charge in [-0.25, -0.2) is 4.79 Å². The van der Waals surface area contributed by atoms with E-state index in [4.69, 9.17) is 9.47 Å². The van der Waals surface area contributed by atoms with E-state index in [0.717, 1.165) is 23.3 Å². The van der Waals surface area contributed by atoms with Crippen LogP contribution >= 0.6 is 0 Å². The number of aryl methyl sites for hydroxylation is 1. The number of carbonyl (C=O) groups is 4. The van der Waals surface area contributed by atoms with Gasteiger partial charge >= 0.3 is 12.0 Å². The number of rotatable bonds is 8. The summed E-state index contributed by atoms with van der Waals surface area (Å²) in [5.74, 6) is -0.508. The smallest absolute Gasteiger partial charge is 0.326 e. The first-order valence-corrected chi connectivity index (χ1v) is 11.8. The molecule has 9 nitrogen and oxygen atoms in total. The van der Waals surface area contributed by atoms with Crippen LogP contribution in [0.1, 0.15) is 52.0 Å². The maximum Gasteiger partial charge on any atom is 0.326 e. The van der Waals surface area contributed by atoms with Crippen molar-refractivity contribution >= 4 is 23.8 Å². The van der Waals surface area contributed by atoms with Crippen LogP contribution in [0, 0.1) is 18.3 Å². The van der Waals surface area contributed by atoms with Gasteiger partial charge in [0.2, 0.25) is 0 Å². The van der Waals surface area contributed by atoms with E-state index in [1.165, 1.54) is 0 Å². The third kappa shape index (κ3) is 6.27. The molecular weight excluding hydrogens is 438 g/mol. The van der Waals surface area contributed by atoms with Gasteiger partial charge in [0.15, 0.2) is 6.61 Å². The summed E-state index contributed by atoms with van der Waals surface area (Å²) in [6.07, 6.45) is 2.78. The Kier molecular flexibility index (Phi) is 7.84. The van der Waals surface area contributed by atoms with E-state index in [2.05, 4.69) is 31.4 Å². The highest BCUT2D eigenvalue weighted by atomic mass is 16.5. The van der Waals surface area contributed by atoms with Crippen LogP contribution < -0.4 is 15.4 Å². The number of amides is 4. The largest absolute Gasteiger partial charge is 0.492 e. The molecule has 3 rings (SSSR count). The van der Waals surface area contributed by atoms with Gasteiger partial charge in [-0.1, -0.05) is 32.9 Å². The standard InChI is InChI=1S/C25H35N3O6/c1-17-6-5-7-19(14-17)33-13-12-26-20(29)16-34-21(30)15-28-22(31)25(27-23(28)32)10-8-18(9-11-25)24(2,3)4/h5-7,14,18H,8-13,15-16H2,1-4H3,(H,26,29)(H,27,32). The Morgan fingerprint density at radius 1 is 1.21 bits per heavy atom. The van der Waals surface area contributed by atoms with Crippen LogP contribution in [0.25, 0.3) is 0 Å². The predicted octanol–water partition coefficient (Wildman–Crippen LogP) is 2.56. The van der Waals surface area contributed by atoms with E-state index in [-0.39, 0.29) is 24.5 Å². The molecule has 9 heteroatoms. The Morgan fingerprint density at radius 3 is 2.56 bits per heavy atom. The summed E-state index contributed by atoms with van der Waals surface area (Å²) in [6, 6.07) is 6.97. The summed E-state index contributed by atoms with van der Waals surface area (Å²) >= 11 is 0. The number of hydrogen-bond donors (Lipinski definition) is 2. The Morgan fingerprint density at radius 2 is 1.91 bits per heavy atom. The van der Waals surface area contributed by atoms with Crippen molar-refractivity contribution in [2.75, 3.05) is 26.3 Å². The number of esters is 1. The average molecular weight is 474 g/mol. The molecule has 1 heterocycles. The Bertz CT molecular complexity index is 931. The van der Waals surface area contributed by atoms with Gasteiger partial charge in [-0.2, -0.15) is 0 Å². The molecule has 1 aromatic rings. The fourth-order valence-electron chi connectivity index (χ4n) is 4.57. The summed E-state index contributed by atoms with van der Waals surface area (Å²) in [7, 11) is 0. The number of benzene rings is 1. The van der Waals surface area contributed by atoms with Gasteiger partial charge in [-0.05, 0) is 61.6 Å². The van der Waals surface area contributed by atoms with Crippen LogP contribution in [0.5, 0.6) is 5.75 Å². The maximum atomic E-state index is 13.0. The molecule has 186 valence electrons. The van der Waals surface area contributed by atoms with Crippen LogP contribution in [0.4, 0.5) is 4.79 Å². The Balaban J connectivity index is 1.38. The average Bonchev–Trinajstić information content (AvgIpc) is 2.99. The summed E-state index contributed by atoms with van der Waals surface area (Å²) < 4.78 is 10.5. The van der Waals surface area contributed by atoms with Crippen LogP contribution in [0.2, 0.25) is 0 Å². The molecule has 34 heavy (non-hydrogen) atoms. The normalized spacial score (nSPS) is 22.5. The number of imide groups is 1. The lowest BCUT2D eigenvalue weighted by Crippen LogP contribution is -2.50. The second-order valence-electron chi connectivity index (χ2n) is 10.2. The zero-order chi connectivity index (χ0) is 24.9. The molecule has 0 atom stereocenters. The van der Waals surface area contributed by atoms with Gasteiger partial charge in [0, 0.05) is 0 Å². The van der Waals surface area contributed by atoms with E-state index in [9.17, 15) is 19.2 Å². The summed E-state index contributed by atoms with van der Waals surface area (Å²) in [6.45, 7) is 8.00. The van der Waals surface area contributed by atoms with Crippen molar-refractivity contribution in [3.63, 3.8) is 0 Å². The minimum atomic E-state index is -0.937. The van der Waals surface area contributed by atoms with Crippen molar-refractivity contribution in [1.29, 1.82) is 0 Å². The molecule has 1 spiro atoms. The first-order chi connectivity index (χ1) is 16.0. The molecule has 0 unspecified atom stereocenters.